The lowest BCUT2D eigenvalue weighted by Crippen LogP contribution is -2.41. The van der Waals surface area contributed by atoms with E-state index in [0.29, 0.717) is 18.9 Å². The molecule has 1 saturated heterocycles. The van der Waals surface area contributed by atoms with Crippen LogP contribution >= 0.6 is 0 Å². The lowest BCUT2D eigenvalue weighted by atomic mass is 10.00. The summed E-state index contributed by atoms with van der Waals surface area (Å²) in [6, 6.07) is 10.2. The van der Waals surface area contributed by atoms with Gasteiger partial charge < -0.3 is 11.1 Å². The monoisotopic (exact) mass is 397 g/mol. The summed E-state index contributed by atoms with van der Waals surface area (Å²) in [5.74, 6) is 0.490. The molecule has 3 aromatic rings. The number of piperidine rings is 1. The van der Waals surface area contributed by atoms with Gasteiger partial charge in [0.05, 0.1) is 6.26 Å². The number of nitrogen functional groups attached to an aromatic ring is 1. The maximum Gasteiger partial charge on any atom is 0.211 e. The Kier molecular flexibility index (Phi) is 4.91. The number of nitrogens with two attached hydrogens (primary N) is 1. The van der Waals surface area contributed by atoms with Crippen molar-refractivity contribution in [2.24, 2.45) is 0 Å². The van der Waals surface area contributed by atoms with E-state index in [-0.39, 0.29) is 6.04 Å². The van der Waals surface area contributed by atoms with Crippen LogP contribution in [0.3, 0.4) is 0 Å². The molecule has 4 rings (SSSR count). The number of sulfonamides is 1. The number of aromatic nitrogens is 2. The van der Waals surface area contributed by atoms with Crippen LogP contribution in [0, 0.1) is 0 Å². The van der Waals surface area contributed by atoms with Crippen molar-refractivity contribution >= 4 is 32.3 Å². The lowest BCUT2D eigenvalue weighted by Gasteiger charge is -2.31. The maximum atomic E-state index is 11.7. The van der Waals surface area contributed by atoms with E-state index in [2.05, 4.69) is 27.4 Å². The Balaban J connectivity index is 1.64. The number of hydrogen-bond donors (Lipinski definition) is 2. The number of benzene rings is 1. The molecule has 146 valence electrons. The van der Waals surface area contributed by atoms with Crippen LogP contribution in [0.2, 0.25) is 0 Å². The van der Waals surface area contributed by atoms with Crippen molar-refractivity contribution in [1.82, 2.24) is 14.3 Å². The molecule has 1 aromatic carbocycles. The molecule has 2 aromatic heterocycles. The van der Waals surface area contributed by atoms with Gasteiger partial charge in [0.2, 0.25) is 10.0 Å². The molecule has 1 fully saturated rings. The third-order valence-corrected chi connectivity index (χ3v) is 6.46. The summed E-state index contributed by atoms with van der Waals surface area (Å²) in [6.07, 6.45) is 8.21. The molecule has 0 unspecified atom stereocenters. The minimum absolute atomic E-state index is 0.209. The molecule has 7 nitrogen and oxygen atoms in total. The summed E-state index contributed by atoms with van der Waals surface area (Å²) >= 11 is 0. The first-order valence-electron chi connectivity index (χ1n) is 9.21. The number of nitrogens with zero attached hydrogens (tertiary/aromatic N) is 3. The number of pyridine rings is 2. The Bertz CT molecular complexity index is 1090. The molecule has 0 radical (unpaired) electrons. The Hall–Kier alpha value is -2.71. The van der Waals surface area contributed by atoms with Crippen molar-refractivity contribution in [3.63, 3.8) is 0 Å². The van der Waals surface area contributed by atoms with Crippen LogP contribution in [-0.2, 0) is 10.0 Å². The van der Waals surface area contributed by atoms with Gasteiger partial charge in [-0.1, -0.05) is 0 Å². The average molecular weight is 398 g/mol. The van der Waals surface area contributed by atoms with E-state index in [0.717, 1.165) is 40.4 Å². The quantitative estimate of drug-likeness (QED) is 0.702. The molecule has 8 heteroatoms. The van der Waals surface area contributed by atoms with E-state index in [4.69, 9.17) is 5.73 Å². The molecule has 0 saturated carbocycles. The van der Waals surface area contributed by atoms with Crippen LogP contribution in [0.15, 0.2) is 48.9 Å². The van der Waals surface area contributed by atoms with E-state index in [9.17, 15) is 8.42 Å². The predicted molar refractivity (Wildman–Crippen MR) is 112 cm³/mol. The van der Waals surface area contributed by atoms with Crippen LogP contribution in [0.4, 0.5) is 11.5 Å². The molecular formula is C20H23N5O2S. The first-order chi connectivity index (χ1) is 13.4. The zero-order chi connectivity index (χ0) is 19.7. The first-order valence-corrected chi connectivity index (χ1v) is 11.1. The van der Waals surface area contributed by atoms with Crippen molar-refractivity contribution < 1.29 is 8.42 Å². The second kappa shape index (κ2) is 7.37. The van der Waals surface area contributed by atoms with Crippen LogP contribution < -0.4 is 11.1 Å². The summed E-state index contributed by atoms with van der Waals surface area (Å²) in [7, 11) is -3.12. The van der Waals surface area contributed by atoms with E-state index in [1.807, 2.05) is 18.3 Å². The molecule has 1 aliphatic rings. The van der Waals surface area contributed by atoms with Crippen LogP contribution in [0.1, 0.15) is 12.8 Å². The van der Waals surface area contributed by atoms with Crippen molar-refractivity contribution in [1.29, 1.82) is 0 Å². The number of anilines is 2. The second-order valence-corrected chi connectivity index (χ2v) is 9.16. The highest BCUT2D eigenvalue weighted by atomic mass is 32.2. The fourth-order valence-electron chi connectivity index (χ4n) is 3.61. The molecule has 1 aliphatic heterocycles. The molecule has 28 heavy (non-hydrogen) atoms. The van der Waals surface area contributed by atoms with Gasteiger partial charge in [-0.15, -0.1) is 0 Å². The Morgan fingerprint density at radius 1 is 1.11 bits per heavy atom. The zero-order valence-corrected chi connectivity index (χ0v) is 16.5. The van der Waals surface area contributed by atoms with E-state index >= 15 is 0 Å². The van der Waals surface area contributed by atoms with E-state index in [1.54, 1.807) is 22.8 Å². The molecule has 3 heterocycles. The minimum Gasteiger partial charge on any atom is -0.384 e. The summed E-state index contributed by atoms with van der Waals surface area (Å²) < 4.78 is 25.0. The summed E-state index contributed by atoms with van der Waals surface area (Å²) in [4.78, 5) is 8.46. The van der Waals surface area contributed by atoms with E-state index < -0.39 is 10.0 Å². The van der Waals surface area contributed by atoms with Crippen molar-refractivity contribution in [3.8, 4) is 11.1 Å². The Morgan fingerprint density at radius 2 is 1.89 bits per heavy atom. The summed E-state index contributed by atoms with van der Waals surface area (Å²) in [6.45, 7) is 1.07. The fraction of sp³-hybridized carbons (Fsp3) is 0.300. The van der Waals surface area contributed by atoms with Gasteiger partial charge in [0.15, 0.2) is 0 Å². The zero-order valence-electron chi connectivity index (χ0n) is 15.7. The second-order valence-electron chi connectivity index (χ2n) is 7.17. The molecular weight excluding hydrogens is 374 g/mol. The molecule has 3 N–H and O–H groups in total. The Labute approximate surface area is 164 Å². The number of nitrogens with one attached hydrogen (secondary N) is 1. The van der Waals surface area contributed by atoms with Gasteiger partial charge in [-0.25, -0.2) is 17.7 Å². The summed E-state index contributed by atoms with van der Waals surface area (Å²) in [5, 5.41) is 5.74. The van der Waals surface area contributed by atoms with Crippen LogP contribution in [0.5, 0.6) is 0 Å². The van der Waals surface area contributed by atoms with Gasteiger partial charge in [-0.05, 0) is 54.1 Å². The smallest absolute Gasteiger partial charge is 0.211 e. The third kappa shape index (κ3) is 3.93. The lowest BCUT2D eigenvalue weighted by molar-refractivity contribution is 0.332. The third-order valence-electron chi connectivity index (χ3n) is 5.16. The Morgan fingerprint density at radius 3 is 2.57 bits per heavy atom. The fourth-order valence-corrected chi connectivity index (χ4v) is 4.49. The topological polar surface area (TPSA) is 101 Å². The highest BCUT2D eigenvalue weighted by Gasteiger charge is 2.25. The maximum absolute atomic E-state index is 11.7. The SMILES string of the molecule is CS(=O)(=O)N1CCC(Nc2cc(-c3ccc(N)nc3)cc3ccncc23)CC1. The van der Waals surface area contributed by atoms with Gasteiger partial charge in [0.1, 0.15) is 5.82 Å². The largest absolute Gasteiger partial charge is 0.384 e. The molecule has 0 bridgehead atoms. The summed E-state index contributed by atoms with van der Waals surface area (Å²) in [5.41, 5.74) is 8.74. The number of hydrogen-bond acceptors (Lipinski definition) is 6. The van der Waals surface area contributed by atoms with Gasteiger partial charge in [-0.2, -0.15) is 0 Å². The predicted octanol–water partition coefficient (Wildman–Crippen LogP) is 2.71. The van der Waals surface area contributed by atoms with Gasteiger partial charge in [0, 0.05) is 54.4 Å². The normalized spacial score (nSPS) is 16.3. The van der Waals surface area contributed by atoms with Crippen LogP contribution in [0.25, 0.3) is 21.9 Å². The van der Waals surface area contributed by atoms with Crippen LogP contribution in [-0.4, -0.2) is 48.1 Å². The van der Waals surface area contributed by atoms with Crippen molar-refractivity contribution in [2.45, 2.75) is 18.9 Å². The van der Waals surface area contributed by atoms with Gasteiger partial charge in [-0.3, -0.25) is 4.98 Å². The molecule has 0 spiro atoms. The first kappa shape index (κ1) is 18.6. The number of rotatable bonds is 4. The number of fused-ring (bicyclic) bond motifs is 1. The minimum atomic E-state index is -3.12. The van der Waals surface area contributed by atoms with Gasteiger partial charge >= 0.3 is 0 Å². The standard InChI is InChI=1S/C20H23N5O2S/c1-28(26,27)25-8-5-17(6-9-25)24-19-11-16(15-2-3-20(21)23-12-15)10-14-4-7-22-13-18(14)19/h2-4,7,10-13,17,24H,5-6,8-9H2,1H3,(H2,21,23). The van der Waals surface area contributed by atoms with Crippen molar-refractivity contribution in [2.75, 3.05) is 30.4 Å². The van der Waals surface area contributed by atoms with Crippen molar-refractivity contribution in [3.05, 3.63) is 48.9 Å². The molecule has 0 atom stereocenters. The highest BCUT2D eigenvalue weighted by molar-refractivity contribution is 7.88. The highest BCUT2D eigenvalue weighted by Crippen LogP contribution is 2.32. The average Bonchev–Trinajstić information content (AvgIpc) is 2.68. The van der Waals surface area contributed by atoms with Gasteiger partial charge in [0.25, 0.3) is 0 Å². The molecule has 0 amide bonds. The molecule has 0 aliphatic carbocycles. The van der Waals surface area contributed by atoms with E-state index in [1.165, 1.54) is 6.26 Å².